The van der Waals surface area contributed by atoms with Crippen LogP contribution >= 0.6 is 0 Å². The average Bonchev–Trinajstić information content (AvgIpc) is 2.51. The third-order valence-electron chi connectivity index (χ3n) is 4.26. The van der Waals surface area contributed by atoms with Gasteiger partial charge in [0.1, 0.15) is 0 Å². The molecule has 1 aromatic carbocycles. The fourth-order valence-electron chi connectivity index (χ4n) is 3.02. The second-order valence-electron chi connectivity index (χ2n) is 6.47. The third-order valence-corrected chi connectivity index (χ3v) is 4.26. The molecular formula is C18H29NO3. The van der Waals surface area contributed by atoms with Crippen LogP contribution in [-0.4, -0.2) is 54.1 Å². The van der Waals surface area contributed by atoms with Crippen molar-refractivity contribution in [3.05, 3.63) is 35.4 Å². The van der Waals surface area contributed by atoms with Gasteiger partial charge >= 0.3 is 0 Å². The van der Waals surface area contributed by atoms with E-state index in [1.54, 1.807) is 6.92 Å². The molecule has 3 unspecified atom stereocenters. The second-order valence-corrected chi connectivity index (χ2v) is 6.47. The number of likely N-dealkylation sites (N-methyl/N-ethyl adjacent to an activating group) is 1. The summed E-state index contributed by atoms with van der Waals surface area (Å²) in [4.78, 5) is 2.04. The maximum absolute atomic E-state index is 10.1. The highest BCUT2D eigenvalue weighted by molar-refractivity contribution is 5.31. The summed E-state index contributed by atoms with van der Waals surface area (Å²) in [6, 6.07) is 8.44. The molecule has 0 aliphatic heterocycles. The average molecular weight is 307 g/mol. The normalized spacial score (nSPS) is 20.7. The predicted octanol–water partition coefficient (Wildman–Crippen LogP) is 2.14. The van der Waals surface area contributed by atoms with Gasteiger partial charge in [-0.3, -0.25) is 0 Å². The molecule has 0 heterocycles. The largest absolute Gasteiger partial charge is 0.393 e. The summed E-state index contributed by atoms with van der Waals surface area (Å²) in [6.07, 6.45) is 3.35. The molecule has 0 spiro atoms. The number of rotatable bonds is 8. The maximum Gasteiger partial charge on any atom is 0.0900 e. The standard InChI is InChI=1S/C18H29NO3/c1-14(20)10-11-19(2)12-16(21)13-22-18-9-5-7-15-6-3-4-8-17(15)18/h3-4,6,8,14,16,18,20-21H,5,7,9-13H2,1-2H3. The monoisotopic (exact) mass is 307 g/mol. The summed E-state index contributed by atoms with van der Waals surface area (Å²) < 4.78 is 5.97. The van der Waals surface area contributed by atoms with Gasteiger partial charge in [0.05, 0.1) is 24.9 Å². The number of nitrogens with zero attached hydrogens (tertiary/aromatic N) is 1. The van der Waals surface area contributed by atoms with Gasteiger partial charge in [-0.2, -0.15) is 0 Å². The van der Waals surface area contributed by atoms with Crippen molar-refractivity contribution < 1.29 is 14.9 Å². The van der Waals surface area contributed by atoms with Crippen molar-refractivity contribution in [2.75, 3.05) is 26.7 Å². The zero-order chi connectivity index (χ0) is 15.9. The smallest absolute Gasteiger partial charge is 0.0900 e. The van der Waals surface area contributed by atoms with Crippen LogP contribution in [0.25, 0.3) is 0 Å². The Kier molecular flexibility index (Phi) is 6.83. The Labute approximate surface area is 133 Å². The van der Waals surface area contributed by atoms with E-state index < -0.39 is 6.10 Å². The lowest BCUT2D eigenvalue weighted by Crippen LogP contribution is -2.34. The van der Waals surface area contributed by atoms with Gasteiger partial charge in [-0.25, -0.2) is 0 Å². The minimum Gasteiger partial charge on any atom is -0.393 e. The summed E-state index contributed by atoms with van der Waals surface area (Å²) in [6.45, 7) is 3.49. The number of benzene rings is 1. The molecular weight excluding hydrogens is 278 g/mol. The quantitative estimate of drug-likeness (QED) is 0.773. The van der Waals surface area contributed by atoms with Crippen LogP contribution in [0.3, 0.4) is 0 Å². The first-order valence-corrected chi connectivity index (χ1v) is 8.30. The lowest BCUT2D eigenvalue weighted by molar-refractivity contribution is -0.0266. The summed E-state index contributed by atoms with van der Waals surface area (Å²) in [5.41, 5.74) is 2.66. The summed E-state index contributed by atoms with van der Waals surface area (Å²) >= 11 is 0. The van der Waals surface area contributed by atoms with Crippen LogP contribution in [-0.2, 0) is 11.2 Å². The van der Waals surface area contributed by atoms with E-state index in [0.717, 1.165) is 32.2 Å². The van der Waals surface area contributed by atoms with Gasteiger partial charge in [0.15, 0.2) is 0 Å². The van der Waals surface area contributed by atoms with Crippen LogP contribution in [0.4, 0.5) is 0 Å². The van der Waals surface area contributed by atoms with Gasteiger partial charge in [0, 0.05) is 13.1 Å². The van der Waals surface area contributed by atoms with Crippen LogP contribution in [0, 0.1) is 0 Å². The van der Waals surface area contributed by atoms with Gasteiger partial charge in [0.25, 0.3) is 0 Å². The number of hydrogen-bond acceptors (Lipinski definition) is 4. The predicted molar refractivity (Wildman–Crippen MR) is 87.9 cm³/mol. The SMILES string of the molecule is CC(O)CCN(C)CC(O)COC1CCCc2ccccc21. The number of aliphatic hydroxyl groups is 2. The first kappa shape index (κ1) is 17.4. The lowest BCUT2D eigenvalue weighted by Gasteiger charge is -2.27. The summed E-state index contributed by atoms with van der Waals surface area (Å²) in [5, 5.41) is 19.4. The molecule has 0 saturated carbocycles. The first-order valence-electron chi connectivity index (χ1n) is 8.30. The maximum atomic E-state index is 10.1. The van der Waals surface area contributed by atoms with E-state index in [0.29, 0.717) is 13.2 Å². The van der Waals surface area contributed by atoms with Crippen molar-refractivity contribution in [2.24, 2.45) is 0 Å². The molecule has 1 aliphatic carbocycles. The van der Waals surface area contributed by atoms with Crippen LogP contribution in [0.15, 0.2) is 24.3 Å². The molecule has 4 heteroatoms. The molecule has 0 bridgehead atoms. The van der Waals surface area contributed by atoms with Crippen molar-refractivity contribution in [3.63, 3.8) is 0 Å². The summed E-state index contributed by atoms with van der Waals surface area (Å²) in [7, 11) is 1.96. The Morgan fingerprint density at radius 2 is 2.09 bits per heavy atom. The van der Waals surface area contributed by atoms with Gasteiger partial charge in [-0.1, -0.05) is 24.3 Å². The Morgan fingerprint density at radius 1 is 1.32 bits per heavy atom. The number of aliphatic hydroxyl groups excluding tert-OH is 2. The highest BCUT2D eigenvalue weighted by Crippen LogP contribution is 2.32. The van der Waals surface area contributed by atoms with Crippen molar-refractivity contribution in [1.82, 2.24) is 4.90 Å². The molecule has 2 rings (SSSR count). The van der Waals surface area contributed by atoms with Crippen LogP contribution in [0.1, 0.15) is 43.4 Å². The Hall–Kier alpha value is -0.940. The molecule has 0 fully saturated rings. The van der Waals surface area contributed by atoms with Gasteiger partial charge in [0.2, 0.25) is 0 Å². The van der Waals surface area contributed by atoms with Crippen molar-refractivity contribution in [1.29, 1.82) is 0 Å². The number of fused-ring (bicyclic) bond motifs is 1. The minimum absolute atomic E-state index is 0.113. The molecule has 0 aromatic heterocycles. The zero-order valence-electron chi connectivity index (χ0n) is 13.7. The second kappa shape index (κ2) is 8.63. The third kappa shape index (κ3) is 5.36. The van der Waals surface area contributed by atoms with E-state index in [-0.39, 0.29) is 12.2 Å². The molecule has 22 heavy (non-hydrogen) atoms. The van der Waals surface area contributed by atoms with E-state index in [4.69, 9.17) is 4.74 Å². The fourth-order valence-corrected chi connectivity index (χ4v) is 3.02. The first-order chi connectivity index (χ1) is 10.6. The Morgan fingerprint density at radius 3 is 2.86 bits per heavy atom. The molecule has 1 aromatic rings. The molecule has 3 atom stereocenters. The highest BCUT2D eigenvalue weighted by Gasteiger charge is 2.21. The molecule has 4 nitrogen and oxygen atoms in total. The molecule has 1 aliphatic rings. The lowest BCUT2D eigenvalue weighted by atomic mass is 9.89. The number of hydrogen-bond donors (Lipinski definition) is 2. The minimum atomic E-state index is -0.493. The van der Waals surface area contributed by atoms with Gasteiger partial charge in [-0.15, -0.1) is 0 Å². The molecule has 0 radical (unpaired) electrons. The van der Waals surface area contributed by atoms with E-state index >= 15 is 0 Å². The van der Waals surface area contributed by atoms with E-state index in [1.807, 2.05) is 11.9 Å². The highest BCUT2D eigenvalue weighted by atomic mass is 16.5. The van der Waals surface area contributed by atoms with Crippen molar-refractivity contribution >= 4 is 0 Å². The van der Waals surface area contributed by atoms with Crippen molar-refractivity contribution in [2.45, 2.75) is 50.9 Å². The molecule has 0 amide bonds. The zero-order valence-corrected chi connectivity index (χ0v) is 13.7. The van der Waals surface area contributed by atoms with Gasteiger partial charge in [-0.05, 0) is 50.8 Å². The van der Waals surface area contributed by atoms with Gasteiger partial charge < -0.3 is 19.8 Å². The van der Waals surface area contributed by atoms with Crippen LogP contribution in [0.5, 0.6) is 0 Å². The van der Waals surface area contributed by atoms with E-state index in [2.05, 4.69) is 24.3 Å². The Balaban J connectivity index is 1.76. The van der Waals surface area contributed by atoms with E-state index in [1.165, 1.54) is 11.1 Å². The molecule has 0 saturated heterocycles. The molecule has 124 valence electrons. The van der Waals surface area contributed by atoms with Crippen molar-refractivity contribution in [3.8, 4) is 0 Å². The topological polar surface area (TPSA) is 52.9 Å². The fraction of sp³-hybridized carbons (Fsp3) is 0.667. The van der Waals surface area contributed by atoms with E-state index in [9.17, 15) is 10.2 Å². The molecule has 2 N–H and O–H groups in total. The number of aryl methyl sites for hydroxylation is 1. The Bertz CT molecular complexity index is 450. The summed E-state index contributed by atoms with van der Waals surface area (Å²) in [5.74, 6) is 0. The van der Waals surface area contributed by atoms with Crippen LogP contribution < -0.4 is 0 Å². The number of ether oxygens (including phenoxy) is 1. The van der Waals surface area contributed by atoms with Crippen LogP contribution in [0.2, 0.25) is 0 Å².